The van der Waals surface area contributed by atoms with Gasteiger partial charge in [-0.25, -0.2) is 0 Å². The summed E-state index contributed by atoms with van der Waals surface area (Å²) in [6.07, 6.45) is 11.6. The van der Waals surface area contributed by atoms with Crippen LogP contribution in [0, 0.1) is 5.92 Å². The molecule has 0 amide bonds. The number of benzene rings is 1. The maximum absolute atomic E-state index is 6.26. The Morgan fingerprint density at radius 3 is 2.75 bits per heavy atom. The molecule has 1 aromatic rings. The van der Waals surface area contributed by atoms with E-state index in [1.165, 1.54) is 11.1 Å². The van der Waals surface area contributed by atoms with E-state index in [2.05, 4.69) is 75.9 Å². The predicted octanol–water partition coefficient (Wildman–Crippen LogP) is 5.10. The fourth-order valence-electron chi connectivity index (χ4n) is 2.55. The molecule has 20 heavy (non-hydrogen) atoms. The standard InChI is InChI=1S/C19H24O/c1-5-17-14-13-15(2)9-8-11-16-10-6-7-12-18(16)19(3,4)20-17/h5-8,10-15,17H,1,9H2,2-4H3/b11-8-,14-13-. The van der Waals surface area contributed by atoms with Crippen molar-refractivity contribution in [2.45, 2.75) is 38.9 Å². The molecule has 0 saturated carbocycles. The normalized spacial score (nSPS) is 28.8. The van der Waals surface area contributed by atoms with Gasteiger partial charge in [0, 0.05) is 0 Å². The van der Waals surface area contributed by atoms with Crippen LogP contribution < -0.4 is 0 Å². The van der Waals surface area contributed by atoms with Gasteiger partial charge in [0.05, 0.1) is 11.7 Å². The summed E-state index contributed by atoms with van der Waals surface area (Å²) in [6, 6.07) is 8.44. The number of ether oxygens (including phenoxy) is 1. The van der Waals surface area contributed by atoms with Crippen molar-refractivity contribution in [3.63, 3.8) is 0 Å². The quantitative estimate of drug-likeness (QED) is 0.644. The molecule has 0 aromatic heterocycles. The fraction of sp³-hybridized carbons (Fsp3) is 0.368. The molecule has 1 nitrogen and oxygen atoms in total. The van der Waals surface area contributed by atoms with Gasteiger partial charge in [0.1, 0.15) is 0 Å². The largest absolute Gasteiger partial charge is 0.359 e. The van der Waals surface area contributed by atoms with Crippen LogP contribution in [0.2, 0.25) is 0 Å². The van der Waals surface area contributed by atoms with Gasteiger partial charge in [-0.3, -0.25) is 0 Å². The number of hydrogen-bond acceptors (Lipinski definition) is 1. The van der Waals surface area contributed by atoms with Gasteiger partial charge < -0.3 is 4.74 Å². The van der Waals surface area contributed by atoms with Gasteiger partial charge in [-0.15, -0.1) is 6.58 Å². The summed E-state index contributed by atoms with van der Waals surface area (Å²) in [5.74, 6) is 0.505. The van der Waals surface area contributed by atoms with Crippen molar-refractivity contribution in [2.75, 3.05) is 0 Å². The van der Waals surface area contributed by atoms with E-state index in [1.807, 2.05) is 6.08 Å². The maximum atomic E-state index is 6.26. The summed E-state index contributed by atoms with van der Waals surface area (Å²) in [5, 5.41) is 0. The second-order valence-corrected chi connectivity index (χ2v) is 5.92. The monoisotopic (exact) mass is 268 g/mol. The fourth-order valence-corrected chi connectivity index (χ4v) is 2.55. The lowest BCUT2D eigenvalue weighted by atomic mass is 9.92. The zero-order valence-corrected chi connectivity index (χ0v) is 12.7. The summed E-state index contributed by atoms with van der Waals surface area (Å²) in [6.45, 7) is 10.3. The molecule has 1 aromatic carbocycles. The molecule has 0 saturated heterocycles. The van der Waals surface area contributed by atoms with Crippen molar-refractivity contribution in [3.05, 3.63) is 66.3 Å². The molecule has 0 aliphatic carbocycles. The first-order chi connectivity index (χ1) is 9.53. The molecule has 1 aliphatic rings. The summed E-state index contributed by atoms with van der Waals surface area (Å²) < 4.78 is 6.26. The third-order valence-corrected chi connectivity index (χ3v) is 3.71. The van der Waals surface area contributed by atoms with Crippen LogP contribution in [0.1, 0.15) is 38.3 Å². The molecule has 2 atom stereocenters. The minimum Gasteiger partial charge on any atom is -0.359 e. The molecule has 0 spiro atoms. The lowest BCUT2D eigenvalue weighted by Gasteiger charge is -2.30. The van der Waals surface area contributed by atoms with E-state index in [0.29, 0.717) is 5.92 Å². The first-order valence-corrected chi connectivity index (χ1v) is 7.27. The Hall–Kier alpha value is -1.60. The summed E-state index contributed by atoms with van der Waals surface area (Å²) in [7, 11) is 0. The molecular formula is C19H24O. The minimum absolute atomic E-state index is 0.0568. The lowest BCUT2D eigenvalue weighted by Crippen LogP contribution is -2.27. The van der Waals surface area contributed by atoms with Crippen molar-refractivity contribution >= 4 is 6.08 Å². The third-order valence-electron chi connectivity index (χ3n) is 3.71. The van der Waals surface area contributed by atoms with Crippen molar-refractivity contribution in [2.24, 2.45) is 5.92 Å². The number of rotatable bonds is 1. The predicted molar refractivity (Wildman–Crippen MR) is 86.5 cm³/mol. The minimum atomic E-state index is -0.349. The van der Waals surface area contributed by atoms with Gasteiger partial charge in [0.25, 0.3) is 0 Å². The maximum Gasteiger partial charge on any atom is 0.0946 e. The molecule has 2 unspecified atom stereocenters. The highest BCUT2D eigenvalue weighted by atomic mass is 16.5. The first kappa shape index (κ1) is 14.8. The van der Waals surface area contributed by atoms with Crippen LogP contribution in [0.3, 0.4) is 0 Å². The SMILES string of the molecule is C=CC1/C=C\C(C)C/C=C\c2ccccc2C(C)(C)O1. The Labute approximate surface area is 122 Å². The van der Waals surface area contributed by atoms with Gasteiger partial charge in [0.2, 0.25) is 0 Å². The molecule has 0 radical (unpaired) electrons. The van der Waals surface area contributed by atoms with Gasteiger partial charge in [-0.2, -0.15) is 0 Å². The number of fused-ring (bicyclic) bond motifs is 1. The second-order valence-electron chi connectivity index (χ2n) is 5.92. The molecule has 0 fully saturated rings. The van der Waals surface area contributed by atoms with Gasteiger partial charge in [0.15, 0.2) is 0 Å². The van der Waals surface area contributed by atoms with E-state index in [-0.39, 0.29) is 11.7 Å². The van der Waals surface area contributed by atoms with Gasteiger partial charge >= 0.3 is 0 Å². The zero-order valence-electron chi connectivity index (χ0n) is 12.7. The Kier molecular flexibility index (Phi) is 4.61. The summed E-state index contributed by atoms with van der Waals surface area (Å²) in [4.78, 5) is 0. The smallest absolute Gasteiger partial charge is 0.0946 e. The number of allylic oxidation sites excluding steroid dienone is 2. The molecule has 106 valence electrons. The lowest BCUT2D eigenvalue weighted by molar-refractivity contribution is -0.0365. The Morgan fingerprint density at radius 2 is 2.00 bits per heavy atom. The van der Waals surface area contributed by atoms with Crippen molar-refractivity contribution in [1.29, 1.82) is 0 Å². The molecule has 1 heterocycles. The van der Waals surface area contributed by atoms with Crippen LogP contribution >= 0.6 is 0 Å². The first-order valence-electron chi connectivity index (χ1n) is 7.27. The highest BCUT2D eigenvalue weighted by molar-refractivity contribution is 5.55. The van der Waals surface area contributed by atoms with E-state index in [1.54, 1.807) is 0 Å². The van der Waals surface area contributed by atoms with Gasteiger partial charge in [-0.1, -0.05) is 61.6 Å². The number of hydrogen-bond donors (Lipinski definition) is 0. The van der Waals surface area contributed by atoms with E-state index in [4.69, 9.17) is 4.74 Å². The van der Waals surface area contributed by atoms with Crippen LogP contribution in [0.5, 0.6) is 0 Å². The van der Waals surface area contributed by atoms with E-state index >= 15 is 0 Å². The zero-order chi connectivity index (χ0) is 14.6. The van der Waals surface area contributed by atoms with Crippen LogP contribution in [0.25, 0.3) is 6.08 Å². The Morgan fingerprint density at radius 1 is 1.25 bits per heavy atom. The van der Waals surface area contributed by atoms with Crippen LogP contribution in [0.15, 0.2) is 55.1 Å². The Balaban J connectivity index is 2.46. The molecule has 0 N–H and O–H groups in total. The average Bonchev–Trinajstić information content (AvgIpc) is 2.45. The average molecular weight is 268 g/mol. The highest BCUT2D eigenvalue weighted by Crippen LogP contribution is 2.31. The van der Waals surface area contributed by atoms with Crippen molar-refractivity contribution in [1.82, 2.24) is 0 Å². The Bertz CT molecular complexity index is 522. The van der Waals surface area contributed by atoms with Crippen LogP contribution in [-0.2, 0) is 10.3 Å². The topological polar surface area (TPSA) is 9.23 Å². The summed E-state index contributed by atoms with van der Waals surface area (Å²) in [5.41, 5.74) is 2.10. The van der Waals surface area contributed by atoms with Crippen LogP contribution in [0.4, 0.5) is 0 Å². The van der Waals surface area contributed by atoms with Crippen LogP contribution in [-0.4, -0.2) is 6.10 Å². The third kappa shape index (κ3) is 3.49. The highest BCUT2D eigenvalue weighted by Gasteiger charge is 2.26. The second kappa shape index (κ2) is 6.23. The molecule has 1 heteroatoms. The van der Waals surface area contributed by atoms with Gasteiger partial charge in [-0.05, 0) is 37.3 Å². The van der Waals surface area contributed by atoms with E-state index < -0.39 is 0 Å². The van der Waals surface area contributed by atoms with E-state index in [0.717, 1.165) is 6.42 Å². The van der Waals surface area contributed by atoms with Crippen molar-refractivity contribution < 1.29 is 4.74 Å². The molecule has 0 bridgehead atoms. The van der Waals surface area contributed by atoms with Crippen molar-refractivity contribution in [3.8, 4) is 0 Å². The molecule has 1 aliphatic heterocycles. The van der Waals surface area contributed by atoms with E-state index in [9.17, 15) is 0 Å². The molecule has 2 rings (SSSR count). The molecular weight excluding hydrogens is 244 g/mol. The summed E-state index contributed by atoms with van der Waals surface area (Å²) >= 11 is 0.